The van der Waals surface area contributed by atoms with E-state index in [9.17, 15) is 14.0 Å². The van der Waals surface area contributed by atoms with Gasteiger partial charge in [0.25, 0.3) is 5.91 Å². The van der Waals surface area contributed by atoms with Crippen molar-refractivity contribution in [2.75, 3.05) is 29.9 Å². The number of carbonyl (C=O) groups excluding carboxylic acids is 2. The molecule has 9 nitrogen and oxygen atoms in total. The zero-order valence-corrected chi connectivity index (χ0v) is 27.4. The molecule has 0 aliphatic carbocycles. The molecule has 0 bridgehead atoms. The lowest BCUT2D eigenvalue weighted by Gasteiger charge is -2.33. The van der Waals surface area contributed by atoms with E-state index in [4.69, 9.17) is 9.84 Å². The summed E-state index contributed by atoms with van der Waals surface area (Å²) in [6.07, 6.45) is 5.80. The fraction of sp³-hybridized carbons (Fsp3) is 0.351. The minimum Gasteiger partial charge on any atom is -0.466 e. The SMILES string of the molecule is CCOC(=O)Cc1ccc(N2CCC(Cn3ncc4ccc(NC(=O)c5cnn(C(C)(C)C)c5-c5ccc(F)cc5)cc43)CC2)cc1. The molecule has 5 aromatic rings. The van der Waals surface area contributed by atoms with Crippen LogP contribution in [0.2, 0.25) is 0 Å². The third-order valence-electron chi connectivity index (χ3n) is 8.67. The van der Waals surface area contributed by atoms with Gasteiger partial charge in [0.2, 0.25) is 0 Å². The Kier molecular flexibility index (Phi) is 9.11. The van der Waals surface area contributed by atoms with Crippen LogP contribution in [0.15, 0.2) is 79.1 Å². The van der Waals surface area contributed by atoms with Crippen LogP contribution in [0.25, 0.3) is 22.2 Å². The van der Waals surface area contributed by atoms with E-state index in [2.05, 4.69) is 27.4 Å². The number of rotatable bonds is 9. The van der Waals surface area contributed by atoms with Crippen molar-refractivity contribution >= 4 is 34.2 Å². The molecule has 0 unspecified atom stereocenters. The van der Waals surface area contributed by atoms with Crippen molar-refractivity contribution in [3.63, 3.8) is 0 Å². The predicted octanol–water partition coefficient (Wildman–Crippen LogP) is 7.07. The standard InChI is InChI=1S/C37H41FN6O3/c1-5-47-34(45)20-25-6-14-31(15-7-25)42-18-16-26(17-19-42)24-43-33-21-30(13-10-28(33)22-39-43)41-36(46)32-23-40-44(37(2,3)4)35(32)27-8-11-29(38)12-9-27/h6-15,21-23,26H,5,16-20,24H2,1-4H3,(H,41,46). The molecule has 10 heteroatoms. The molecule has 1 N–H and O–H groups in total. The first-order valence-electron chi connectivity index (χ1n) is 16.2. The molecule has 1 saturated heterocycles. The maximum Gasteiger partial charge on any atom is 0.310 e. The molecule has 47 heavy (non-hydrogen) atoms. The third-order valence-corrected chi connectivity index (χ3v) is 8.67. The van der Waals surface area contributed by atoms with Gasteiger partial charge in [-0.2, -0.15) is 10.2 Å². The molecule has 6 rings (SSSR count). The number of amides is 1. The Hall–Kier alpha value is -4.99. The third kappa shape index (κ3) is 7.21. The molecule has 3 heterocycles. The number of aromatic nitrogens is 4. The van der Waals surface area contributed by atoms with Crippen LogP contribution in [0.3, 0.4) is 0 Å². The normalized spacial score (nSPS) is 14.0. The van der Waals surface area contributed by atoms with Crippen LogP contribution in [0.4, 0.5) is 15.8 Å². The summed E-state index contributed by atoms with van der Waals surface area (Å²) in [6.45, 7) is 10.9. The molecule has 1 fully saturated rings. The smallest absolute Gasteiger partial charge is 0.310 e. The number of fused-ring (bicyclic) bond motifs is 1. The average Bonchev–Trinajstić information content (AvgIpc) is 3.67. The lowest BCUT2D eigenvalue weighted by Crippen LogP contribution is -2.35. The fourth-order valence-electron chi connectivity index (χ4n) is 6.22. The van der Waals surface area contributed by atoms with Gasteiger partial charge in [0.1, 0.15) is 5.82 Å². The Balaban J connectivity index is 1.12. The number of ether oxygens (including phenoxy) is 1. The van der Waals surface area contributed by atoms with Crippen molar-refractivity contribution < 1.29 is 18.7 Å². The second kappa shape index (κ2) is 13.4. The van der Waals surface area contributed by atoms with Crippen LogP contribution >= 0.6 is 0 Å². The van der Waals surface area contributed by atoms with Gasteiger partial charge in [-0.1, -0.05) is 12.1 Å². The molecule has 1 aliphatic rings. The van der Waals surface area contributed by atoms with Gasteiger partial charge in [0, 0.05) is 42.0 Å². The molecule has 0 radical (unpaired) electrons. The number of anilines is 2. The lowest BCUT2D eigenvalue weighted by atomic mass is 9.96. The molecule has 244 valence electrons. The average molecular weight is 637 g/mol. The minimum atomic E-state index is -0.389. The second-order valence-corrected chi connectivity index (χ2v) is 13.1. The van der Waals surface area contributed by atoms with E-state index >= 15 is 0 Å². The highest BCUT2D eigenvalue weighted by molar-refractivity contribution is 6.08. The number of hydrogen-bond donors (Lipinski definition) is 1. The summed E-state index contributed by atoms with van der Waals surface area (Å²) in [5, 5.41) is 13.3. The predicted molar refractivity (Wildman–Crippen MR) is 182 cm³/mol. The van der Waals surface area contributed by atoms with Gasteiger partial charge in [-0.05, 0) is 107 Å². The molecule has 0 spiro atoms. The molecular weight excluding hydrogens is 595 g/mol. The van der Waals surface area contributed by atoms with Crippen molar-refractivity contribution in [3.8, 4) is 11.3 Å². The van der Waals surface area contributed by atoms with Crippen LogP contribution < -0.4 is 10.2 Å². The van der Waals surface area contributed by atoms with Gasteiger partial charge in [0.15, 0.2) is 0 Å². The first-order chi connectivity index (χ1) is 22.6. The van der Waals surface area contributed by atoms with Gasteiger partial charge in [-0.25, -0.2) is 4.39 Å². The van der Waals surface area contributed by atoms with Crippen molar-refractivity contribution in [3.05, 3.63) is 96.1 Å². The van der Waals surface area contributed by atoms with Gasteiger partial charge >= 0.3 is 5.97 Å². The molecule has 2 aromatic heterocycles. The highest BCUT2D eigenvalue weighted by Gasteiger charge is 2.26. The van der Waals surface area contributed by atoms with Crippen LogP contribution in [-0.4, -0.2) is 51.1 Å². The van der Waals surface area contributed by atoms with E-state index in [1.165, 1.54) is 12.1 Å². The summed E-state index contributed by atoms with van der Waals surface area (Å²) < 4.78 is 22.6. The van der Waals surface area contributed by atoms with Gasteiger partial charge < -0.3 is 15.0 Å². The molecular formula is C37H41FN6O3. The van der Waals surface area contributed by atoms with Gasteiger partial charge in [-0.3, -0.25) is 19.0 Å². The van der Waals surface area contributed by atoms with Crippen LogP contribution in [0.5, 0.6) is 0 Å². The van der Waals surface area contributed by atoms with E-state index in [1.54, 1.807) is 23.0 Å². The molecule has 1 aliphatic heterocycles. The van der Waals surface area contributed by atoms with E-state index in [0.29, 0.717) is 35.9 Å². The van der Waals surface area contributed by atoms with Gasteiger partial charge in [0.05, 0.1) is 47.7 Å². The monoisotopic (exact) mass is 636 g/mol. The largest absolute Gasteiger partial charge is 0.466 e. The quantitative estimate of drug-likeness (QED) is 0.174. The Labute approximate surface area is 274 Å². The van der Waals surface area contributed by atoms with Crippen molar-refractivity contribution in [2.24, 2.45) is 5.92 Å². The number of piperidine rings is 1. The Morgan fingerprint density at radius 1 is 0.957 bits per heavy atom. The second-order valence-electron chi connectivity index (χ2n) is 13.1. The summed E-state index contributed by atoms with van der Waals surface area (Å²) in [4.78, 5) is 27.8. The zero-order valence-electron chi connectivity index (χ0n) is 27.4. The number of esters is 1. The number of carbonyl (C=O) groups is 2. The summed E-state index contributed by atoms with van der Waals surface area (Å²) in [6, 6.07) is 20.1. The first-order valence-corrected chi connectivity index (χ1v) is 16.2. The Morgan fingerprint density at radius 3 is 2.36 bits per heavy atom. The van der Waals surface area contributed by atoms with E-state index in [-0.39, 0.29) is 23.2 Å². The minimum absolute atomic E-state index is 0.203. The molecule has 0 saturated carbocycles. The number of benzene rings is 3. The number of hydrogen-bond acceptors (Lipinski definition) is 6. The topological polar surface area (TPSA) is 94.3 Å². The Bertz CT molecular complexity index is 1860. The molecule has 3 aromatic carbocycles. The maximum atomic E-state index is 13.7. The van der Waals surface area contributed by atoms with Crippen molar-refractivity contribution in [1.29, 1.82) is 0 Å². The van der Waals surface area contributed by atoms with Crippen LogP contribution in [0, 0.1) is 11.7 Å². The summed E-state index contributed by atoms with van der Waals surface area (Å²) in [7, 11) is 0. The number of nitrogens with one attached hydrogen (secondary N) is 1. The number of halogens is 1. The van der Waals surface area contributed by atoms with E-state index < -0.39 is 0 Å². The summed E-state index contributed by atoms with van der Waals surface area (Å²) >= 11 is 0. The Morgan fingerprint density at radius 2 is 1.68 bits per heavy atom. The molecule has 0 atom stereocenters. The lowest BCUT2D eigenvalue weighted by molar-refractivity contribution is -0.142. The number of nitrogens with zero attached hydrogens (tertiary/aromatic N) is 5. The highest BCUT2D eigenvalue weighted by atomic mass is 19.1. The first kappa shape index (κ1) is 32.0. The van der Waals surface area contributed by atoms with Crippen molar-refractivity contribution in [2.45, 2.75) is 59.0 Å². The summed E-state index contributed by atoms with van der Waals surface area (Å²) in [5.74, 6) is -0.356. The highest BCUT2D eigenvalue weighted by Crippen LogP contribution is 2.31. The zero-order chi connectivity index (χ0) is 33.1. The van der Waals surface area contributed by atoms with Crippen LogP contribution in [-0.2, 0) is 28.0 Å². The van der Waals surface area contributed by atoms with E-state index in [1.807, 2.05) is 68.9 Å². The summed E-state index contributed by atoms with van der Waals surface area (Å²) in [5.41, 5.74) is 5.13. The van der Waals surface area contributed by atoms with Gasteiger partial charge in [-0.15, -0.1) is 0 Å². The molecule has 1 amide bonds. The van der Waals surface area contributed by atoms with Crippen LogP contribution in [0.1, 0.15) is 56.5 Å². The van der Waals surface area contributed by atoms with E-state index in [0.717, 1.165) is 60.2 Å². The fourth-order valence-corrected chi connectivity index (χ4v) is 6.22. The van der Waals surface area contributed by atoms with Crippen molar-refractivity contribution in [1.82, 2.24) is 19.6 Å². The maximum absolute atomic E-state index is 13.7.